The number of nitrogens with one attached hydrogen (secondary N) is 3. The predicted molar refractivity (Wildman–Crippen MR) is 124 cm³/mol. The van der Waals surface area contributed by atoms with E-state index in [-0.39, 0.29) is 18.7 Å². The molecule has 0 bridgehead atoms. The average Bonchev–Trinajstić information content (AvgIpc) is 2.84. The molecule has 0 aliphatic rings. The van der Waals surface area contributed by atoms with Crippen molar-refractivity contribution in [3.05, 3.63) is 77.5 Å². The number of aliphatic carboxylic acids is 2. The van der Waals surface area contributed by atoms with E-state index in [9.17, 15) is 29.1 Å². The SMILES string of the molecule is O=C(O)CC[C@H](NC(=O)C(=Cc1ccccc1)NC(=O)CNC(=O)OCc1ccccc1)C(=O)O. The number of alkyl carbamates (subject to hydrolysis) is 1. The summed E-state index contributed by atoms with van der Waals surface area (Å²) >= 11 is 0. The molecule has 2 aromatic carbocycles. The molecule has 1 atom stereocenters. The Labute approximate surface area is 200 Å². The van der Waals surface area contributed by atoms with Crippen LogP contribution in [0.1, 0.15) is 24.0 Å². The molecule has 0 saturated carbocycles. The van der Waals surface area contributed by atoms with Gasteiger partial charge in [-0.3, -0.25) is 14.4 Å². The highest BCUT2D eigenvalue weighted by molar-refractivity contribution is 6.03. The third-order valence-corrected chi connectivity index (χ3v) is 4.49. The van der Waals surface area contributed by atoms with Crippen LogP contribution in [-0.2, 0) is 30.5 Å². The van der Waals surface area contributed by atoms with Gasteiger partial charge in [-0.2, -0.15) is 0 Å². The number of benzene rings is 2. The summed E-state index contributed by atoms with van der Waals surface area (Å²) in [6.07, 6.45) is -0.354. The molecule has 184 valence electrons. The van der Waals surface area contributed by atoms with Crippen LogP contribution in [0, 0.1) is 0 Å². The van der Waals surface area contributed by atoms with Gasteiger partial charge in [0.05, 0.1) is 0 Å². The summed E-state index contributed by atoms with van der Waals surface area (Å²) < 4.78 is 5.01. The lowest BCUT2D eigenvalue weighted by Crippen LogP contribution is -2.46. The van der Waals surface area contributed by atoms with E-state index in [4.69, 9.17) is 9.84 Å². The molecule has 0 fully saturated rings. The van der Waals surface area contributed by atoms with Gasteiger partial charge in [0.25, 0.3) is 5.91 Å². The van der Waals surface area contributed by atoms with E-state index in [0.29, 0.717) is 5.56 Å². The Morgan fingerprint density at radius 2 is 1.54 bits per heavy atom. The first kappa shape index (κ1) is 26.6. The zero-order valence-corrected chi connectivity index (χ0v) is 18.6. The van der Waals surface area contributed by atoms with Crippen molar-refractivity contribution >= 4 is 35.9 Å². The van der Waals surface area contributed by atoms with Gasteiger partial charge in [0.2, 0.25) is 5.91 Å². The Kier molecular flexibility index (Phi) is 10.5. The maximum atomic E-state index is 12.7. The van der Waals surface area contributed by atoms with Gasteiger partial charge in [-0.25, -0.2) is 9.59 Å². The molecule has 0 aromatic heterocycles. The molecular weight excluding hydrogens is 458 g/mol. The highest BCUT2D eigenvalue weighted by atomic mass is 16.5. The first-order chi connectivity index (χ1) is 16.7. The van der Waals surface area contributed by atoms with Crippen molar-refractivity contribution in [1.29, 1.82) is 0 Å². The van der Waals surface area contributed by atoms with E-state index < -0.39 is 48.9 Å². The number of hydrogen-bond acceptors (Lipinski definition) is 6. The minimum absolute atomic E-state index is 0.00276. The summed E-state index contributed by atoms with van der Waals surface area (Å²) in [6, 6.07) is 15.9. The third-order valence-electron chi connectivity index (χ3n) is 4.49. The van der Waals surface area contributed by atoms with Gasteiger partial charge in [-0.1, -0.05) is 60.7 Å². The Morgan fingerprint density at radius 3 is 2.14 bits per heavy atom. The summed E-state index contributed by atoms with van der Waals surface area (Å²) in [7, 11) is 0. The zero-order valence-electron chi connectivity index (χ0n) is 18.6. The number of ether oxygens (including phenoxy) is 1. The normalized spacial score (nSPS) is 11.6. The predicted octanol–water partition coefficient (Wildman–Crippen LogP) is 1.50. The third kappa shape index (κ3) is 10.2. The van der Waals surface area contributed by atoms with Crippen LogP contribution in [0.2, 0.25) is 0 Å². The van der Waals surface area contributed by atoms with Crippen molar-refractivity contribution in [2.45, 2.75) is 25.5 Å². The summed E-state index contributed by atoms with van der Waals surface area (Å²) in [5, 5.41) is 24.9. The van der Waals surface area contributed by atoms with Gasteiger partial charge < -0.3 is 30.9 Å². The molecule has 35 heavy (non-hydrogen) atoms. The Balaban J connectivity index is 2.01. The van der Waals surface area contributed by atoms with E-state index in [1.165, 1.54) is 6.08 Å². The monoisotopic (exact) mass is 483 g/mol. The fourth-order valence-electron chi connectivity index (χ4n) is 2.76. The molecule has 3 amide bonds. The largest absolute Gasteiger partial charge is 0.481 e. The van der Waals surface area contributed by atoms with Crippen molar-refractivity contribution in [2.24, 2.45) is 0 Å². The molecule has 0 radical (unpaired) electrons. The molecule has 5 N–H and O–H groups in total. The second-order valence-corrected chi connectivity index (χ2v) is 7.23. The lowest BCUT2D eigenvalue weighted by Gasteiger charge is -2.16. The van der Waals surface area contributed by atoms with Crippen LogP contribution in [0.5, 0.6) is 0 Å². The minimum Gasteiger partial charge on any atom is -0.481 e. The molecule has 0 aliphatic carbocycles. The fourth-order valence-corrected chi connectivity index (χ4v) is 2.76. The maximum Gasteiger partial charge on any atom is 0.407 e. The number of amides is 3. The van der Waals surface area contributed by atoms with Crippen LogP contribution in [-0.4, -0.2) is 52.6 Å². The van der Waals surface area contributed by atoms with Gasteiger partial charge in [-0.15, -0.1) is 0 Å². The number of carbonyl (C=O) groups is 5. The standard InChI is InChI=1S/C24H25N3O8/c28-20(14-25-24(34)35-15-17-9-5-2-6-10-17)26-19(13-16-7-3-1-4-8-16)22(31)27-18(23(32)33)11-12-21(29)30/h1-10,13,18H,11-12,14-15H2,(H,25,34)(H,26,28)(H,27,31)(H,29,30)(H,32,33)/t18-/m0/s1. The maximum absolute atomic E-state index is 12.7. The van der Waals surface area contributed by atoms with Gasteiger partial charge in [0, 0.05) is 6.42 Å². The van der Waals surface area contributed by atoms with Crippen LogP contribution in [0.15, 0.2) is 66.4 Å². The van der Waals surface area contributed by atoms with Crippen LogP contribution in [0.4, 0.5) is 4.79 Å². The zero-order chi connectivity index (χ0) is 25.6. The Hall–Kier alpha value is -4.67. The van der Waals surface area contributed by atoms with Crippen LogP contribution in [0.3, 0.4) is 0 Å². The van der Waals surface area contributed by atoms with Gasteiger partial charge in [0.1, 0.15) is 24.9 Å². The minimum atomic E-state index is -1.49. The lowest BCUT2D eigenvalue weighted by molar-refractivity contribution is -0.142. The van der Waals surface area contributed by atoms with Crippen LogP contribution in [0.25, 0.3) is 6.08 Å². The van der Waals surface area contributed by atoms with E-state index in [1.54, 1.807) is 54.6 Å². The second-order valence-electron chi connectivity index (χ2n) is 7.23. The second kappa shape index (κ2) is 13.8. The summed E-state index contributed by atoms with van der Waals surface area (Å²) in [4.78, 5) is 59.1. The molecule has 2 rings (SSSR count). The van der Waals surface area contributed by atoms with Crippen LogP contribution >= 0.6 is 0 Å². The molecule has 0 aliphatic heterocycles. The molecule has 0 spiro atoms. The smallest absolute Gasteiger partial charge is 0.407 e. The molecule has 11 nitrogen and oxygen atoms in total. The van der Waals surface area contributed by atoms with Crippen molar-refractivity contribution in [3.8, 4) is 0 Å². The first-order valence-electron chi connectivity index (χ1n) is 10.5. The molecule has 0 heterocycles. The molecule has 2 aromatic rings. The van der Waals surface area contributed by atoms with Crippen molar-refractivity contribution in [1.82, 2.24) is 16.0 Å². The van der Waals surface area contributed by atoms with Crippen molar-refractivity contribution in [3.63, 3.8) is 0 Å². The quantitative estimate of drug-likeness (QED) is 0.283. The van der Waals surface area contributed by atoms with E-state index in [1.807, 2.05) is 6.07 Å². The average molecular weight is 483 g/mol. The van der Waals surface area contributed by atoms with Crippen LogP contribution < -0.4 is 16.0 Å². The van der Waals surface area contributed by atoms with Crippen molar-refractivity contribution in [2.75, 3.05) is 6.54 Å². The summed E-state index contributed by atoms with van der Waals surface area (Å²) in [6.45, 7) is -0.517. The van der Waals surface area contributed by atoms with E-state index in [2.05, 4.69) is 16.0 Å². The number of hydrogen-bond donors (Lipinski definition) is 5. The Bertz CT molecular complexity index is 1070. The number of carboxylic acid groups (broad SMARTS) is 2. The fraction of sp³-hybridized carbons (Fsp3) is 0.208. The van der Waals surface area contributed by atoms with Gasteiger partial charge in [0.15, 0.2) is 0 Å². The van der Waals surface area contributed by atoms with Crippen molar-refractivity contribution < 1.29 is 38.9 Å². The highest BCUT2D eigenvalue weighted by Crippen LogP contribution is 2.07. The number of carbonyl (C=O) groups excluding carboxylic acids is 3. The number of carboxylic acids is 2. The molecule has 0 unspecified atom stereocenters. The summed E-state index contributed by atoms with van der Waals surface area (Å²) in [5.74, 6) is -4.35. The van der Waals surface area contributed by atoms with E-state index in [0.717, 1.165) is 5.56 Å². The number of rotatable bonds is 12. The first-order valence-corrected chi connectivity index (χ1v) is 10.5. The Morgan fingerprint density at radius 1 is 0.914 bits per heavy atom. The van der Waals surface area contributed by atoms with Gasteiger partial charge in [-0.05, 0) is 23.6 Å². The summed E-state index contributed by atoms with van der Waals surface area (Å²) in [5.41, 5.74) is 1.00. The van der Waals surface area contributed by atoms with Gasteiger partial charge >= 0.3 is 18.0 Å². The topological polar surface area (TPSA) is 171 Å². The molecule has 0 saturated heterocycles. The van der Waals surface area contributed by atoms with E-state index >= 15 is 0 Å². The molecular formula is C24H25N3O8. The lowest BCUT2D eigenvalue weighted by atomic mass is 10.1. The molecule has 11 heteroatoms. The highest BCUT2D eigenvalue weighted by Gasteiger charge is 2.23.